The zero-order valence-electron chi connectivity index (χ0n) is 21.8. The fourth-order valence-corrected chi connectivity index (χ4v) is 5.13. The van der Waals surface area contributed by atoms with E-state index in [-0.39, 0.29) is 17.7 Å². The Labute approximate surface area is 227 Å². The van der Waals surface area contributed by atoms with Gasteiger partial charge in [-0.15, -0.1) is 0 Å². The molecule has 1 saturated heterocycles. The molecule has 1 aromatic heterocycles. The van der Waals surface area contributed by atoms with Crippen LogP contribution in [0.3, 0.4) is 0 Å². The van der Waals surface area contributed by atoms with Crippen LogP contribution in [0, 0.1) is 23.4 Å². The van der Waals surface area contributed by atoms with Gasteiger partial charge in [0.15, 0.2) is 17.5 Å². The lowest BCUT2D eigenvalue weighted by molar-refractivity contribution is 0.0266. The molecule has 2 N–H and O–H groups in total. The molecular formula is C27H28F3N7O3. The predicted octanol–water partition coefficient (Wildman–Crippen LogP) is 3.31. The van der Waals surface area contributed by atoms with Gasteiger partial charge in [0, 0.05) is 44.8 Å². The summed E-state index contributed by atoms with van der Waals surface area (Å²) >= 11 is 0. The highest BCUT2D eigenvalue weighted by atomic mass is 19.2. The average molecular weight is 556 g/mol. The van der Waals surface area contributed by atoms with Crippen molar-refractivity contribution in [2.24, 2.45) is 10.9 Å². The first kappa shape index (κ1) is 26.3. The number of carbonyl (C=O) groups excluding carboxylic acids is 1. The topological polar surface area (TPSA) is 104 Å². The van der Waals surface area contributed by atoms with Crippen LogP contribution in [0.2, 0.25) is 0 Å². The Kier molecular flexibility index (Phi) is 6.92. The van der Waals surface area contributed by atoms with Gasteiger partial charge in [-0.2, -0.15) is 4.98 Å². The lowest BCUT2D eigenvalue weighted by atomic mass is 10.1. The van der Waals surface area contributed by atoms with E-state index in [1.807, 2.05) is 4.90 Å². The molecule has 13 heteroatoms. The Hall–Kier alpha value is -3.97. The Morgan fingerprint density at radius 2 is 1.90 bits per heavy atom. The minimum Gasteiger partial charge on any atom is -0.367 e. The van der Waals surface area contributed by atoms with Crippen LogP contribution >= 0.6 is 0 Å². The second-order valence-electron chi connectivity index (χ2n) is 10.2. The quantitative estimate of drug-likeness (QED) is 0.411. The molecule has 2 aromatic carbocycles. The Morgan fingerprint density at radius 1 is 1.12 bits per heavy atom. The van der Waals surface area contributed by atoms with Gasteiger partial charge in [0.1, 0.15) is 11.3 Å². The van der Waals surface area contributed by atoms with Crippen LogP contribution in [0.1, 0.15) is 35.7 Å². The molecule has 0 spiro atoms. The molecule has 2 aliphatic heterocycles. The van der Waals surface area contributed by atoms with E-state index in [4.69, 9.17) is 4.84 Å². The van der Waals surface area contributed by atoms with Gasteiger partial charge in [0.25, 0.3) is 5.91 Å². The predicted molar refractivity (Wildman–Crippen MR) is 143 cm³/mol. The van der Waals surface area contributed by atoms with Crippen LogP contribution in [0.25, 0.3) is 10.9 Å². The monoisotopic (exact) mass is 555 g/mol. The Morgan fingerprint density at radius 3 is 2.62 bits per heavy atom. The van der Waals surface area contributed by atoms with E-state index in [1.165, 1.54) is 23.0 Å². The summed E-state index contributed by atoms with van der Waals surface area (Å²) in [5.74, 6) is -2.97. The molecule has 0 unspecified atom stereocenters. The number of anilines is 2. The fourth-order valence-electron chi connectivity index (χ4n) is 5.13. The van der Waals surface area contributed by atoms with Crippen LogP contribution in [0.15, 0.2) is 28.0 Å². The molecule has 3 heterocycles. The normalized spacial score (nSPS) is 16.9. The molecule has 1 saturated carbocycles. The van der Waals surface area contributed by atoms with E-state index < -0.39 is 34.6 Å². The molecule has 10 nitrogen and oxygen atoms in total. The van der Waals surface area contributed by atoms with Crippen molar-refractivity contribution in [3.63, 3.8) is 0 Å². The fraction of sp³-hybridized carbons (Fsp3) is 0.407. The molecule has 0 radical (unpaired) electrons. The van der Waals surface area contributed by atoms with Crippen molar-refractivity contribution in [3.8, 4) is 0 Å². The number of nitrogens with zero attached hydrogens (tertiary/aromatic N) is 5. The van der Waals surface area contributed by atoms with Gasteiger partial charge in [0.2, 0.25) is 0 Å². The maximum absolute atomic E-state index is 15.6. The van der Waals surface area contributed by atoms with Crippen LogP contribution in [-0.2, 0) is 17.9 Å². The number of carbonyl (C=O) groups is 1. The van der Waals surface area contributed by atoms with Crippen LogP contribution in [0.4, 0.5) is 30.4 Å². The van der Waals surface area contributed by atoms with Gasteiger partial charge in [-0.1, -0.05) is 0 Å². The highest BCUT2D eigenvalue weighted by Crippen LogP contribution is 2.36. The summed E-state index contributed by atoms with van der Waals surface area (Å²) in [6.07, 6.45) is 3.53. The molecule has 0 atom stereocenters. The summed E-state index contributed by atoms with van der Waals surface area (Å²) in [6, 6.07) is 4.32. The van der Waals surface area contributed by atoms with Crippen LogP contribution < -0.4 is 21.4 Å². The van der Waals surface area contributed by atoms with Gasteiger partial charge in [-0.05, 0) is 43.9 Å². The van der Waals surface area contributed by atoms with E-state index in [0.717, 1.165) is 12.8 Å². The van der Waals surface area contributed by atoms with E-state index in [0.29, 0.717) is 67.7 Å². The highest BCUT2D eigenvalue weighted by molar-refractivity contribution is 6.06. The van der Waals surface area contributed by atoms with Crippen molar-refractivity contribution >= 4 is 40.3 Å². The largest absolute Gasteiger partial charge is 0.367 e. The lowest BCUT2D eigenvalue weighted by Gasteiger charge is -2.36. The second-order valence-corrected chi connectivity index (χ2v) is 10.2. The number of rotatable bonds is 8. The van der Waals surface area contributed by atoms with Crippen molar-refractivity contribution in [2.75, 3.05) is 43.0 Å². The molecule has 210 valence electrons. The van der Waals surface area contributed by atoms with Crippen molar-refractivity contribution in [1.29, 1.82) is 0 Å². The van der Waals surface area contributed by atoms with Gasteiger partial charge in [0.05, 0.1) is 35.3 Å². The van der Waals surface area contributed by atoms with Crippen molar-refractivity contribution in [3.05, 3.63) is 57.3 Å². The number of halogens is 3. The van der Waals surface area contributed by atoms with E-state index >= 15 is 4.39 Å². The number of benzene rings is 2. The summed E-state index contributed by atoms with van der Waals surface area (Å²) in [7, 11) is 0. The van der Waals surface area contributed by atoms with Gasteiger partial charge in [-0.3, -0.25) is 19.1 Å². The average Bonchev–Trinajstić information content (AvgIpc) is 3.78. The van der Waals surface area contributed by atoms with Crippen molar-refractivity contribution in [1.82, 2.24) is 19.9 Å². The number of aliphatic imine (C=N–C) groups is 1. The Balaban J connectivity index is 1.14. The maximum atomic E-state index is 15.6. The number of hydroxylamine groups is 1. The first-order valence-electron chi connectivity index (χ1n) is 13.3. The number of amides is 1. The molecule has 6 rings (SSSR count). The number of aromatic nitrogens is 2. The molecular weight excluding hydrogens is 527 g/mol. The van der Waals surface area contributed by atoms with Gasteiger partial charge >= 0.3 is 5.69 Å². The highest BCUT2D eigenvalue weighted by Gasteiger charge is 2.27. The third kappa shape index (κ3) is 4.79. The number of nitrogens with one attached hydrogen (secondary N) is 2. The first-order valence-corrected chi connectivity index (χ1v) is 13.3. The molecule has 1 amide bonds. The van der Waals surface area contributed by atoms with Crippen LogP contribution in [-0.4, -0.2) is 59.5 Å². The number of hydrogen-bond donors (Lipinski definition) is 2. The molecule has 3 aliphatic rings. The SMILES string of the molecule is CCn1c2c3c(cc(CN4CCN(c5ccc(C(=O)NOCC6CC6)c(F)c5F)CC4)c(F)c3nc1=O)NC=N2. The summed E-state index contributed by atoms with van der Waals surface area (Å²) in [6.45, 7) is 4.38. The molecule has 40 heavy (non-hydrogen) atoms. The number of piperazine rings is 1. The van der Waals surface area contributed by atoms with Crippen molar-refractivity contribution in [2.45, 2.75) is 32.9 Å². The Bertz CT molecular complexity index is 1580. The first-order chi connectivity index (χ1) is 19.4. The van der Waals surface area contributed by atoms with E-state index in [2.05, 4.69) is 20.8 Å². The molecule has 3 aromatic rings. The lowest BCUT2D eigenvalue weighted by Crippen LogP contribution is -2.46. The third-order valence-corrected chi connectivity index (χ3v) is 7.55. The summed E-state index contributed by atoms with van der Waals surface area (Å²) < 4.78 is 46.7. The minimum atomic E-state index is -1.23. The van der Waals surface area contributed by atoms with Crippen molar-refractivity contribution < 1.29 is 22.8 Å². The van der Waals surface area contributed by atoms with Gasteiger partial charge < -0.3 is 10.2 Å². The van der Waals surface area contributed by atoms with E-state index in [1.54, 1.807) is 17.9 Å². The van der Waals surface area contributed by atoms with E-state index in [9.17, 15) is 18.4 Å². The summed E-state index contributed by atoms with van der Waals surface area (Å²) in [5, 5.41) is 3.48. The summed E-state index contributed by atoms with van der Waals surface area (Å²) in [5.41, 5.74) is 2.19. The minimum absolute atomic E-state index is 0.0280. The zero-order chi connectivity index (χ0) is 28.0. The summed E-state index contributed by atoms with van der Waals surface area (Å²) in [4.78, 5) is 41.7. The molecule has 0 bridgehead atoms. The maximum Gasteiger partial charge on any atom is 0.349 e. The molecule has 2 fully saturated rings. The second kappa shape index (κ2) is 10.5. The standard InChI is InChI=1S/C27H28F3N7O3/c1-2-37-25-20-18(31-14-32-25)11-16(21(28)24(20)33-27(37)39)12-35-7-9-36(10-8-35)19-6-5-17(22(29)23(19)30)26(38)34-40-13-15-3-4-15/h5-6,11,14-15H,2-4,7-10,12-13H2,1H3,(H,31,32)(H,34,38). The van der Waals surface area contributed by atoms with Crippen LogP contribution in [0.5, 0.6) is 0 Å². The third-order valence-electron chi connectivity index (χ3n) is 7.55. The van der Waals surface area contributed by atoms with Gasteiger partial charge in [-0.25, -0.2) is 28.4 Å². The molecule has 1 aliphatic carbocycles. The number of hydrogen-bond acceptors (Lipinski definition) is 8. The zero-order valence-corrected chi connectivity index (χ0v) is 21.8. The smallest absolute Gasteiger partial charge is 0.349 e.